The Balaban J connectivity index is 1.47. The minimum absolute atomic E-state index is 0.116. The predicted octanol–water partition coefficient (Wildman–Crippen LogP) is 3.66. The molecule has 198 valence electrons. The van der Waals surface area contributed by atoms with E-state index in [9.17, 15) is 10.1 Å². The Morgan fingerprint density at radius 2 is 1.89 bits per heavy atom. The maximum atomic E-state index is 11.6. The van der Waals surface area contributed by atoms with Crippen molar-refractivity contribution in [1.29, 1.82) is 0 Å². The van der Waals surface area contributed by atoms with Gasteiger partial charge in [0.25, 0.3) is 0 Å². The van der Waals surface area contributed by atoms with Crippen LogP contribution in [0.1, 0.15) is 11.3 Å². The normalized spacial score (nSPS) is 14.2. The van der Waals surface area contributed by atoms with Gasteiger partial charge in [-0.2, -0.15) is 0 Å². The van der Waals surface area contributed by atoms with Crippen LogP contribution in [0.25, 0.3) is 16.9 Å². The lowest BCUT2D eigenvalue weighted by molar-refractivity contribution is -0.384. The minimum Gasteiger partial charge on any atom is -0.384 e. The maximum Gasteiger partial charge on any atom is 0.314 e. The van der Waals surface area contributed by atoms with Gasteiger partial charge >= 0.3 is 5.69 Å². The average Bonchev–Trinajstić information content (AvgIpc) is 3.26. The average molecular weight is 558 g/mol. The number of aromatic nitrogens is 4. The number of nitrogens with two attached hydrogens (primary N) is 2. The number of benzene rings is 1. The van der Waals surface area contributed by atoms with Gasteiger partial charge in [-0.3, -0.25) is 19.4 Å². The second-order valence-corrected chi connectivity index (χ2v) is 9.66. The molecule has 1 aliphatic heterocycles. The highest BCUT2D eigenvalue weighted by molar-refractivity contribution is 6.36. The number of nitrogens with zero attached hydrogens (tertiary/aromatic N) is 6. The molecule has 5 N–H and O–H groups in total. The van der Waals surface area contributed by atoms with Gasteiger partial charge < -0.3 is 21.5 Å². The van der Waals surface area contributed by atoms with Gasteiger partial charge in [-0.15, -0.1) is 0 Å². The molecule has 4 aromatic rings. The largest absolute Gasteiger partial charge is 0.384 e. The van der Waals surface area contributed by atoms with Crippen LogP contribution in [0.4, 0.5) is 23.3 Å². The van der Waals surface area contributed by atoms with Crippen LogP contribution in [0.3, 0.4) is 0 Å². The second kappa shape index (κ2) is 11.0. The molecule has 5 rings (SSSR count). The van der Waals surface area contributed by atoms with E-state index in [1.807, 2.05) is 16.7 Å². The van der Waals surface area contributed by atoms with E-state index >= 15 is 0 Å². The molecule has 12 nitrogen and oxygen atoms in total. The molecule has 14 heteroatoms. The molecule has 38 heavy (non-hydrogen) atoms. The number of hydrogen-bond donors (Lipinski definition) is 3. The first-order valence-electron chi connectivity index (χ1n) is 11.9. The smallest absolute Gasteiger partial charge is 0.314 e. The maximum absolute atomic E-state index is 11.6. The molecule has 0 aliphatic carbocycles. The summed E-state index contributed by atoms with van der Waals surface area (Å²) in [5.41, 5.74) is 14.5. The Hall–Kier alpha value is -3.71. The summed E-state index contributed by atoms with van der Waals surface area (Å²) < 4.78 is 7.30. The summed E-state index contributed by atoms with van der Waals surface area (Å²) in [6.45, 7) is 4.03. The lowest BCUT2D eigenvalue weighted by atomic mass is 10.1. The van der Waals surface area contributed by atoms with Gasteiger partial charge in [0.15, 0.2) is 0 Å². The standard InChI is InChI=1S/C24H25Cl2N9O3/c25-15-1-2-17(18(26)10-15)19-11-21-30-16(12-33-5-7-38-8-6-33)13-34(21)24(31-19)29-4-3-14-9-20(27)32-23(28)22(14)35(36)37/h1-2,9-11,13H,3-8,12H2,(H,29,31)(H4,27,28,32). The monoisotopic (exact) mass is 557 g/mol. The number of pyridine rings is 1. The van der Waals surface area contributed by atoms with E-state index in [0.717, 1.165) is 18.8 Å². The lowest BCUT2D eigenvalue weighted by Gasteiger charge is -2.25. The summed E-state index contributed by atoms with van der Waals surface area (Å²) in [5.74, 6) is 0.402. The number of rotatable bonds is 8. The van der Waals surface area contributed by atoms with E-state index in [-0.39, 0.29) is 23.7 Å². The molecule has 1 fully saturated rings. The van der Waals surface area contributed by atoms with Gasteiger partial charge in [0.1, 0.15) is 11.5 Å². The minimum atomic E-state index is -0.551. The molecule has 4 heterocycles. The van der Waals surface area contributed by atoms with Crippen LogP contribution in [0.15, 0.2) is 36.5 Å². The summed E-state index contributed by atoms with van der Waals surface area (Å²) >= 11 is 12.6. The molecule has 0 saturated carbocycles. The summed E-state index contributed by atoms with van der Waals surface area (Å²) in [4.78, 5) is 26.7. The zero-order valence-electron chi connectivity index (χ0n) is 20.2. The van der Waals surface area contributed by atoms with Crippen molar-refractivity contribution < 1.29 is 9.66 Å². The van der Waals surface area contributed by atoms with Crippen LogP contribution in [0, 0.1) is 10.1 Å². The van der Waals surface area contributed by atoms with Crippen molar-refractivity contribution in [3.8, 4) is 11.3 Å². The van der Waals surface area contributed by atoms with Crippen LogP contribution in [0.2, 0.25) is 10.0 Å². The molecule has 1 saturated heterocycles. The van der Waals surface area contributed by atoms with Crippen molar-refractivity contribution >= 4 is 52.1 Å². The van der Waals surface area contributed by atoms with E-state index in [1.54, 1.807) is 18.2 Å². The fourth-order valence-electron chi connectivity index (χ4n) is 4.41. The zero-order chi connectivity index (χ0) is 26.8. The number of anilines is 3. The van der Waals surface area contributed by atoms with Gasteiger partial charge in [-0.05, 0) is 30.7 Å². The summed E-state index contributed by atoms with van der Waals surface area (Å²) in [5, 5.41) is 15.8. The van der Waals surface area contributed by atoms with Crippen molar-refractivity contribution in [3.05, 3.63) is 67.9 Å². The van der Waals surface area contributed by atoms with E-state index in [1.165, 1.54) is 6.07 Å². The number of hydrogen-bond acceptors (Lipinski definition) is 10. The number of halogens is 2. The van der Waals surface area contributed by atoms with Crippen molar-refractivity contribution in [3.63, 3.8) is 0 Å². The van der Waals surface area contributed by atoms with Crippen molar-refractivity contribution in [1.82, 2.24) is 24.3 Å². The first-order chi connectivity index (χ1) is 18.3. The van der Waals surface area contributed by atoms with Crippen LogP contribution >= 0.6 is 23.2 Å². The molecular formula is C24H25Cl2N9O3. The third kappa shape index (κ3) is 5.58. The topological polar surface area (TPSA) is 163 Å². The second-order valence-electron chi connectivity index (χ2n) is 8.81. The molecule has 0 amide bonds. The number of imidazole rings is 1. The highest BCUT2D eigenvalue weighted by Crippen LogP contribution is 2.31. The third-order valence-corrected chi connectivity index (χ3v) is 6.73. The first kappa shape index (κ1) is 25.9. The summed E-state index contributed by atoms with van der Waals surface area (Å²) in [7, 11) is 0. The molecular weight excluding hydrogens is 533 g/mol. The molecule has 0 atom stereocenters. The van der Waals surface area contributed by atoms with Crippen molar-refractivity contribution in [2.45, 2.75) is 13.0 Å². The molecule has 0 radical (unpaired) electrons. The van der Waals surface area contributed by atoms with Gasteiger partial charge in [-0.25, -0.2) is 15.0 Å². The molecule has 3 aromatic heterocycles. The van der Waals surface area contributed by atoms with Crippen molar-refractivity contribution in [2.75, 3.05) is 49.6 Å². The van der Waals surface area contributed by atoms with Gasteiger partial charge in [0.2, 0.25) is 11.8 Å². The van der Waals surface area contributed by atoms with Crippen LogP contribution in [-0.4, -0.2) is 62.0 Å². The molecule has 0 bridgehead atoms. The van der Waals surface area contributed by atoms with Crippen LogP contribution < -0.4 is 16.8 Å². The molecule has 0 unspecified atom stereocenters. The molecule has 1 aliphatic rings. The predicted molar refractivity (Wildman–Crippen MR) is 146 cm³/mol. The van der Waals surface area contributed by atoms with Gasteiger partial charge in [0.05, 0.1) is 34.5 Å². The van der Waals surface area contributed by atoms with E-state index in [4.69, 9.17) is 49.4 Å². The highest BCUT2D eigenvalue weighted by Gasteiger charge is 2.21. The first-order valence-corrected chi connectivity index (χ1v) is 12.6. The number of morpholine rings is 1. The number of nitrogen functional groups attached to an aromatic ring is 2. The zero-order valence-corrected chi connectivity index (χ0v) is 21.7. The number of fused-ring (bicyclic) bond motifs is 1. The number of nitro groups is 1. The lowest BCUT2D eigenvalue weighted by Crippen LogP contribution is -2.35. The van der Waals surface area contributed by atoms with E-state index < -0.39 is 4.92 Å². The fraction of sp³-hybridized carbons (Fsp3) is 0.292. The molecule has 0 spiro atoms. The number of ether oxygens (including phenoxy) is 1. The Morgan fingerprint density at radius 3 is 2.63 bits per heavy atom. The summed E-state index contributed by atoms with van der Waals surface area (Å²) in [6, 6.07) is 8.52. The van der Waals surface area contributed by atoms with Crippen LogP contribution in [-0.2, 0) is 17.7 Å². The Labute approximate surface area is 227 Å². The van der Waals surface area contributed by atoms with Crippen molar-refractivity contribution in [2.24, 2.45) is 0 Å². The third-order valence-electron chi connectivity index (χ3n) is 6.18. The van der Waals surface area contributed by atoms with Gasteiger partial charge in [0, 0.05) is 54.6 Å². The summed E-state index contributed by atoms with van der Waals surface area (Å²) in [6.07, 6.45) is 2.19. The fourth-order valence-corrected chi connectivity index (χ4v) is 4.91. The highest BCUT2D eigenvalue weighted by atomic mass is 35.5. The van der Waals surface area contributed by atoms with E-state index in [2.05, 4.69) is 15.2 Å². The van der Waals surface area contributed by atoms with E-state index in [0.29, 0.717) is 64.8 Å². The van der Waals surface area contributed by atoms with Gasteiger partial charge in [-0.1, -0.05) is 23.2 Å². The van der Waals surface area contributed by atoms with Crippen LogP contribution in [0.5, 0.6) is 0 Å². The Bertz CT molecular complexity index is 1510. The number of nitrogens with one attached hydrogen (secondary N) is 1. The Kier molecular flexibility index (Phi) is 7.47. The SMILES string of the molecule is Nc1cc(CCNc2nc(-c3ccc(Cl)cc3Cl)cc3nc(CN4CCOCC4)cn23)c([N+](=O)[O-])c(N)n1. The molecule has 1 aromatic carbocycles. The Morgan fingerprint density at radius 1 is 1.11 bits per heavy atom. The quantitative estimate of drug-likeness (QED) is 0.215.